The highest BCUT2D eigenvalue weighted by Gasteiger charge is 2.42. The van der Waals surface area contributed by atoms with Gasteiger partial charge in [-0.2, -0.15) is 0 Å². The molecule has 2 heterocycles. The smallest absolute Gasteiger partial charge is 0.328 e. The van der Waals surface area contributed by atoms with E-state index in [4.69, 9.17) is 9.47 Å². The van der Waals surface area contributed by atoms with Gasteiger partial charge in [-0.15, -0.1) is 0 Å². The number of benzene rings is 1. The van der Waals surface area contributed by atoms with Gasteiger partial charge in [-0.3, -0.25) is 9.59 Å². The lowest BCUT2D eigenvalue weighted by Crippen LogP contribution is -2.54. The summed E-state index contributed by atoms with van der Waals surface area (Å²) in [6.45, 7) is 3.03. The number of carboxylic acids is 1. The minimum absolute atomic E-state index is 0.0291. The van der Waals surface area contributed by atoms with Crippen molar-refractivity contribution in [1.29, 1.82) is 0 Å². The molecular weight excluding hydrogens is 340 g/mol. The number of hydrogen-bond donors (Lipinski definition) is 1. The van der Waals surface area contributed by atoms with Gasteiger partial charge in [0.05, 0.1) is 31.4 Å². The largest absolute Gasteiger partial charge is 0.492 e. The molecule has 2 atom stereocenters. The second kappa shape index (κ2) is 7.74. The van der Waals surface area contributed by atoms with E-state index >= 15 is 0 Å². The first kappa shape index (κ1) is 18.2. The van der Waals surface area contributed by atoms with Crippen molar-refractivity contribution in [1.82, 2.24) is 4.90 Å². The van der Waals surface area contributed by atoms with Crippen LogP contribution in [0.5, 0.6) is 5.75 Å². The molecule has 0 spiro atoms. The molecule has 8 nitrogen and oxygen atoms in total. The molecule has 2 aliphatic rings. The number of carboxylic acid groups (broad SMARTS) is 1. The first-order valence-electron chi connectivity index (χ1n) is 8.66. The predicted octanol–water partition coefficient (Wildman–Crippen LogP) is 0.750. The van der Waals surface area contributed by atoms with E-state index in [1.165, 1.54) is 4.90 Å². The summed E-state index contributed by atoms with van der Waals surface area (Å²) in [5.74, 6) is -1.56. The Morgan fingerprint density at radius 3 is 2.85 bits per heavy atom. The van der Waals surface area contributed by atoms with Gasteiger partial charge in [0.15, 0.2) is 6.04 Å². The van der Waals surface area contributed by atoms with Crippen LogP contribution in [0.25, 0.3) is 0 Å². The van der Waals surface area contributed by atoms with Crippen molar-refractivity contribution in [2.24, 2.45) is 5.92 Å². The fourth-order valence-electron chi connectivity index (χ4n) is 3.37. The Kier molecular flexibility index (Phi) is 5.41. The maximum atomic E-state index is 12.8. The second-order valence-electron chi connectivity index (χ2n) is 6.27. The van der Waals surface area contributed by atoms with Crippen LogP contribution < -0.4 is 9.64 Å². The number of amides is 2. The Balaban J connectivity index is 1.77. The van der Waals surface area contributed by atoms with E-state index in [-0.39, 0.29) is 37.9 Å². The van der Waals surface area contributed by atoms with Crippen molar-refractivity contribution in [3.05, 3.63) is 24.3 Å². The lowest BCUT2D eigenvalue weighted by atomic mass is 10.1. The number of morpholine rings is 1. The summed E-state index contributed by atoms with van der Waals surface area (Å²) in [7, 11) is 0. The van der Waals surface area contributed by atoms with E-state index in [9.17, 15) is 19.5 Å². The molecule has 26 heavy (non-hydrogen) atoms. The summed E-state index contributed by atoms with van der Waals surface area (Å²) in [5, 5.41) is 9.31. The number of carbonyl (C=O) groups excluding carboxylic acids is 2. The number of rotatable bonds is 5. The number of hydrogen-bond acceptors (Lipinski definition) is 5. The van der Waals surface area contributed by atoms with Crippen LogP contribution in [-0.4, -0.2) is 66.7 Å². The fraction of sp³-hybridized carbons (Fsp3) is 0.500. The van der Waals surface area contributed by atoms with E-state index < -0.39 is 17.9 Å². The van der Waals surface area contributed by atoms with Crippen molar-refractivity contribution in [3.8, 4) is 5.75 Å². The molecular formula is C18H22N2O6. The predicted molar refractivity (Wildman–Crippen MR) is 92.0 cm³/mol. The van der Waals surface area contributed by atoms with Crippen molar-refractivity contribution < 1.29 is 29.0 Å². The zero-order valence-corrected chi connectivity index (χ0v) is 14.6. The van der Waals surface area contributed by atoms with E-state index in [1.807, 2.05) is 19.1 Å². The average molecular weight is 362 g/mol. The Hall–Kier alpha value is -2.61. The molecule has 0 saturated carbocycles. The van der Waals surface area contributed by atoms with Gasteiger partial charge >= 0.3 is 5.97 Å². The third-order valence-electron chi connectivity index (χ3n) is 4.63. The monoisotopic (exact) mass is 362 g/mol. The first-order chi connectivity index (χ1) is 12.5. The highest BCUT2D eigenvalue weighted by atomic mass is 16.5. The number of nitrogens with zero attached hydrogens (tertiary/aromatic N) is 2. The highest BCUT2D eigenvalue weighted by molar-refractivity contribution is 6.01. The van der Waals surface area contributed by atoms with E-state index in [2.05, 4.69) is 0 Å². The Morgan fingerprint density at radius 2 is 2.12 bits per heavy atom. The van der Waals surface area contributed by atoms with E-state index in [1.54, 1.807) is 17.0 Å². The van der Waals surface area contributed by atoms with Crippen molar-refractivity contribution in [3.63, 3.8) is 0 Å². The van der Waals surface area contributed by atoms with Crippen LogP contribution in [0.2, 0.25) is 0 Å². The SMILES string of the molecule is CCOc1ccccc1N1C[C@H](C(=O)N2CCOC[C@@H]2C(=O)O)CC1=O. The minimum atomic E-state index is -1.10. The van der Waals surface area contributed by atoms with Gasteiger partial charge in [-0.05, 0) is 19.1 Å². The van der Waals surface area contributed by atoms with Crippen molar-refractivity contribution >= 4 is 23.5 Å². The maximum absolute atomic E-state index is 12.8. The normalized spacial score (nSPS) is 23.2. The van der Waals surface area contributed by atoms with Crippen molar-refractivity contribution in [2.45, 2.75) is 19.4 Å². The highest BCUT2D eigenvalue weighted by Crippen LogP contribution is 2.33. The molecule has 0 radical (unpaired) electrons. The minimum Gasteiger partial charge on any atom is -0.492 e. The number of aliphatic carboxylic acids is 1. The van der Waals surface area contributed by atoms with Crippen LogP contribution in [0.4, 0.5) is 5.69 Å². The Morgan fingerprint density at radius 1 is 1.35 bits per heavy atom. The van der Waals surface area contributed by atoms with Gasteiger partial charge in [0, 0.05) is 19.5 Å². The zero-order chi connectivity index (χ0) is 18.7. The number of para-hydroxylation sites is 2. The first-order valence-corrected chi connectivity index (χ1v) is 8.66. The third kappa shape index (κ3) is 3.50. The van der Waals surface area contributed by atoms with E-state index in [0.717, 1.165) is 0 Å². The van der Waals surface area contributed by atoms with Crippen LogP contribution >= 0.6 is 0 Å². The zero-order valence-electron chi connectivity index (χ0n) is 14.6. The summed E-state index contributed by atoms with van der Waals surface area (Å²) in [4.78, 5) is 39.6. The van der Waals surface area contributed by atoms with Gasteiger partial charge in [0.25, 0.3) is 0 Å². The molecule has 1 N–H and O–H groups in total. The second-order valence-corrected chi connectivity index (χ2v) is 6.27. The van der Waals surface area contributed by atoms with Crippen molar-refractivity contribution in [2.75, 3.05) is 37.8 Å². The van der Waals surface area contributed by atoms with Gasteiger partial charge in [-0.1, -0.05) is 12.1 Å². The maximum Gasteiger partial charge on any atom is 0.328 e. The molecule has 2 fully saturated rings. The van der Waals surface area contributed by atoms with E-state index in [0.29, 0.717) is 24.7 Å². The molecule has 8 heteroatoms. The topological polar surface area (TPSA) is 96.4 Å². The fourth-order valence-corrected chi connectivity index (χ4v) is 3.37. The van der Waals surface area contributed by atoms with Gasteiger partial charge in [-0.25, -0.2) is 4.79 Å². The van der Waals surface area contributed by atoms with Crippen LogP contribution in [-0.2, 0) is 19.1 Å². The molecule has 0 unspecified atom stereocenters. The lowest BCUT2D eigenvalue weighted by Gasteiger charge is -2.34. The van der Waals surface area contributed by atoms with Gasteiger partial charge in [0.2, 0.25) is 11.8 Å². The number of anilines is 1. The third-order valence-corrected chi connectivity index (χ3v) is 4.63. The van der Waals surface area contributed by atoms with Crippen LogP contribution in [0.15, 0.2) is 24.3 Å². The molecule has 0 bridgehead atoms. The molecule has 2 saturated heterocycles. The van der Waals surface area contributed by atoms with Gasteiger partial charge < -0.3 is 24.4 Å². The summed E-state index contributed by atoms with van der Waals surface area (Å²) in [6.07, 6.45) is 0.0585. The quantitative estimate of drug-likeness (QED) is 0.830. The summed E-state index contributed by atoms with van der Waals surface area (Å²) in [5.41, 5.74) is 0.631. The van der Waals surface area contributed by atoms with Crippen LogP contribution in [0.3, 0.4) is 0 Å². The Labute approximate surface area is 151 Å². The van der Waals surface area contributed by atoms with Crippen LogP contribution in [0, 0.1) is 5.92 Å². The summed E-state index contributed by atoms with van der Waals surface area (Å²) in [6, 6.07) is 6.19. The molecule has 140 valence electrons. The van der Waals surface area contributed by atoms with Crippen LogP contribution in [0.1, 0.15) is 13.3 Å². The summed E-state index contributed by atoms with van der Waals surface area (Å²) >= 11 is 0. The molecule has 1 aromatic carbocycles. The molecule has 3 rings (SSSR count). The number of ether oxygens (including phenoxy) is 2. The average Bonchev–Trinajstić information content (AvgIpc) is 3.03. The number of carbonyl (C=O) groups is 3. The molecule has 1 aromatic rings. The van der Waals surface area contributed by atoms with Gasteiger partial charge in [0.1, 0.15) is 5.75 Å². The molecule has 0 aliphatic carbocycles. The summed E-state index contributed by atoms with van der Waals surface area (Å²) < 4.78 is 10.7. The molecule has 2 amide bonds. The standard InChI is InChI=1S/C18H22N2O6/c1-2-26-15-6-4-3-5-13(15)20-10-12(9-16(20)21)17(22)19-7-8-25-11-14(19)18(23)24/h3-6,12,14H,2,7-11H2,1H3,(H,23,24)/t12-,14-/m1/s1. The Bertz CT molecular complexity index is 707. The molecule has 2 aliphatic heterocycles. The lowest BCUT2D eigenvalue weighted by molar-refractivity contribution is -0.160. The molecule has 0 aromatic heterocycles.